The Balaban J connectivity index is 1.80. The molecule has 0 aromatic carbocycles. The molecule has 2 aliphatic heterocycles. The molecule has 7 heteroatoms. The predicted molar refractivity (Wildman–Crippen MR) is 77.6 cm³/mol. The Labute approximate surface area is 125 Å². The molecule has 0 radical (unpaired) electrons. The highest BCUT2D eigenvalue weighted by atomic mass is 16.2. The molecule has 2 heterocycles. The Morgan fingerprint density at radius 2 is 1.95 bits per heavy atom. The molecule has 2 saturated heterocycles. The molecular weight excluding hydrogens is 272 g/mol. The lowest BCUT2D eigenvalue weighted by Gasteiger charge is -2.32. The lowest BCUT2D eigenvalue weighted by molar-refractivity contribution is -0.137. The van der Waals surface area contributed by atoms with Crippen molar-refractivity contribution in [2.75, 3.05) is 46.8 Å². The molecule has 0 aliphatic carbocycles. The number of rotatable bonds is 5. The summed E-state index contributed by atoms with van der Waals surface area (Å²) < 4.78 is 0. The molecule has 7 nitrogen and oxygen atoms in total. The van der Waals surface area contributed by atoms with Gasteiger partial charge in [-0.25, -0.2) is 4.79 Å². The molecule has 21 heavy (non-hydrogen) atoms. The first-order chi connectivity index (χ1) is 10.0. The van der Waals surface area contributed by atoms with E-state index in [-0.39, 0.29) is 30.9 Å². The molecule has 0 atom stereocenters. The third kappa shape index (κ3) is 3.72. The van der Waals surface area contributed by atoms with E-state index in [1.54, 1.807) is 11.9 Å². The van der Waals surface area contributed by atoms with Crippen LogP contribution in [0, 0.1) is 5.92 Å². The van der Waals surface area contributed by atoms with Gasteiger partial charge in [0.2, 0.25) is 5.91 Å². The van der Waals surface area contributed by atoms with Gasteiger partial charge in [-0.2, -0.15) is 0 Å². The zero-order valence-electron chi connectivity index (χ0n) is 12.8. The normalized spacial score (nSPS) is 20.6. The molecule has 1 N–H and O–H groups in total. The summed E-state index contributed by atoms with van der Waals surface area (Å²) in [7, 11) is 3.51. The number of likely N-dealkylation sites (tertiary alicyclic amines) is 1. The predicted octanol–water partition coefficient (Wildman–Crippen LogP) is -0.271. The number of nitrogens with one attached hydrogen (secondary N) is 1. The van der Waals surface area contributed by atoms with Gasteiger partial charge < -0.3 is 15.1 Å². The van der Waals surface area contributed by atoms with Crippen LogP contribution in [0.2, 0.25) is 0 Å². The quantitative estimate of drug-likeness (QED) is 0.709. The highest BCUT2D eigenvalue weighted by Gasteiger charge is 2.36. The van der Waals surface area contributed by atoms with Crippen molar-refractivity contribution < 1.29 is 14.4 Å². The van der Waals surface area contributed by atoms with Gasteiger partial charge in [-0.05, 0) is 38.8 Å². The molecule has 0 aromatic heterocycles. The van der Waals surface area contributed by atoms with Crippen LogP contribution in [0.5, 0.6) is 0 Å². The van der Waals surface area contributed by atoms with E-state index >= 15 is 0 Å². The molecule has 2 rings (SSSR count). The van der Waals surface area contributed by atoms with Crippen LogP contribution in [0.15, 0.2) is 0 Å². The minimum Gasteiger partial charge on any atom is -0.341 e. The van der Waals surface area contributed by atoms with Crippen LogP contribution < -0.4 is 5.32 Å². The van der Waals surface area contributed by atoms with Crippen LogP contribution in [0.3, 0.4) is 0 Å². The average Bonchev–Trinajstić information content (AvgIpc) is 2.72. The van der Waals surface area contributed by atoms with Crippen molar-refractivity contribution in [3.8, 4) is 0 Å². The Hall–Kier alpha value is -1.63. The number of hydrogen-bond donors (Lipinski definition) is 1. The van der Waals surface area contributed by atoms with E-state index in [2.05, 4.69) is 5.32 Å². The van der Waals surface area contributed by atoms with Crippen molar-refractivity contribution in [1.29, 1.82) is 0 Å². The maximum absolute atomic E-state index is 12.2. The zero-order valence-corrected chi connectivity index (χ0v) is 12.8. The number of imide groups is 1. The van der Waals surface area contributed by atoms with Crippen molar-refractivity contribution >= 4 is 17.8 Å². The number of nitrogens with zero attached hydrogens (tertiary/aromatic N) is 3. The van der Waals surface area contributed by atoms with Crippen LogP contribution in [0.4, 0.5) is 4.79 Å². The molecule has 0 saturated carbocycles. The summed E-state index contributed by atoms with van der Waals surface area (Å²) in [6.07, 6.45) is 3.12. The van der Waals surface area contributed by atoms with E-state index in [4.69, 9.17) is 0 Å². The highest BCUT2D eigenvalue weighted by molar-refractivity contribution is 6.04. The van der Waals surface area contributed by atoms with E-state index in [9.17, 15) is 14.4 Å². The van der Waals surface area contributed by atoms with Gasteiger partial charge in [0.1, 0.15) is 13.1 Å². The van der Waals surface area contributed by atoms with Gasteiger partial charge in [-0.1, -0.05) is 0 Å². The lowest BCUT2D eigenvalue weighted by Crippen LogP contribution is -2.46. The zero-order chi connectivity index (χ0) is 15.4. The number of piperidine rings is 1. The first-order valence-corrected chi connectivity index (χ1v) is 7.50. The van der Waals surface area contributed by atoms with Gasteiger partial charge in [0, 0.05) is 20.1 Å². The minimum atomic E-state index is -0.378. The Morgan fingerprint density at radius 3 is 2.48 bits per heavy atom. The highest BCUT2D eigenvalue weighted by Crippen LogP contribution is 2.20. The van der Waals surface area contributed by atoms with Crippen molar-refractivity contribution in [2.24, 2.45) is 5.92 Å². The van der Waals surface area contributed by atoms with Crippen LogP contribution in [-0.2, 0) is 9.59 Å². The summed E-state index contributed by atoms with van der Waals surface area (Å²) in [4.78, 5) is 39.8. The number of carbonyl (C=O) groups is 3. The largest absolute Gasteiger partial charge is 0.341 e. The number of likely N-dealkylation sites (N-methyl/N-ethyl adjacent to an activating group) is 1. The lowest BCUT2D eigenvalue weighted by atomic mass is 9.93. The molecule has 0 aromatic rings. The first kappa shape index (κ1) is 15.8. The maximum atomic E-state index is 12.2. The van der Waals surface area contributed by atoms with E-state index < -0.39 is 0 Å². The van der Waals surface area contributed by atoms with E-state index in [0.29, 0.717) is 5.92 Å². The van der Waals surface area contributed by atoms with Crippen LogP contribution >= 0.6 is 0 Å². The molecule has 2 fully saturated rings. The average molecular weight is 296 g/mol. The molecule has 118 valence electrons. The maximum Gasteiger partial charge on any atom is 0.327 e. The number of amides is 4. The van der Waals surface area contributed by atoms with Crippen molar-refractivity contribution in [1.82, 2.24) is 20.0 Å². The molecule has 0 unspecified atom stereocenters. The van der Waals surface area contributed by atoms with E-state index in [0.717, 1.165) is 43.8 Å². The Morgan fingerprint density at radius 1 is 1.29 bits per heavy atom. The van der Waals surface area contributed by atoms with Gasteiger partial charge in [-0.3, -0.25) is 14.5 Å². The smallest absolute Gasteiger partial charge is 0.327 e. The van der Waals surface area contributed by atoms with Gasteiger partial charge in [-0.15, -0.1) is 0 Å². The fraction of sp³-hybridized carbons (Fsp3) is 0.786. The Bertz CT molecular complexity index is 418. The van der Waals surface area contributed by atoms with Crippen molar-refractivity contribution in [3.63, 3.8) is 0 Å². The SMILES string of the molecule is CNCCC1CCN(C(=O)CN2C(=O)CN(C)C2=O)CC1. The van der Waals surface area contributed by atoms with Crippen LogP contribution in [0.25, 0.3) is 0 Å². The fourth-order valence-corrected chi connectivity index (χ4v) is 2.88. The van der Waals surface area contributed by atoms with Crippen LogP contribution in [0.1, 0.15) is 19.3 Å². The van der Waals surface area contributed by atoms with E-state index in [1.165, 1.54) is 4.90 Å². The van der Waals surface area contributed by atoms with Crippen molar-refractivity contribution in [2.45, 2.75) is 19.3 Å². The molecule has 2 aliphatic rings. The Kier molecular flexibility index (Phi) is 5.17. The van der Waals surface area contributed by atoms with Gasteiger partial charge in [0.15, 0.2) is 0 Å². The summed E-state index contributed by atoms with van der Waals surface area (Å²) >= 11 is 0. The second-order valence-corrected chi connectivity index (χ2v) is 5.83. The van der Waals surface area contributed by atoms with Gasteiger partial charge in [0.05, 0.1) is 0 Å². The summed E-state index contributed by atoms with van der Waals surface area (Å²) in [6, 6.07) is -0.378. The van der Waals surface area contributed by atoms with Gasteiger partial charge in [0.25, 0.3) is 5.91 Å². The fourth-order valence-electron chi connectivity index (χ4n) is 2.88. The molecule has 0 spiro atoms. The molecule has 4 amide bonds. The second kappa shape index (κ2) is 6.89. The van der Waals surface area contributed by atoms with Gasteiger partial charge >= 0.3 is 6.03 Å². The topological polar surface area (TPSA) is 73.0 Å². The summed E-state index contributed by atoms with van der Waals surface area (Å²) in [5.74, 6) is 0.238. The van der Waals surface area contributed by atoms with Crippen molar-refractivity contribution in [3.05, 3.63) is 0 Å². The third-order valence-electron chi connectivity index (χ3n) is 4.29. The third-order valence-corrected chi connectivity index (χ3v) is 4.29. The molecule has 0 bridgehead atoms. The molecular formula is C14H24N4O3. The second-order valence-electron chi connectivity index (χ2n) is 5.83. The number of hydrogen-bond acceptors (Lipinski definition) is 4. The minimum absolute atomic E-state index is 0.0677. The summed E-state index contributed by atoms with van der Waals surface area (Å²) in [6.45, 7) is 2.39. The van der Waals surface area contributed by atoms with Crippen LogP contribution in [-0.4, -0.2) is 79.4 Å². The monoisotopic (exact) mass is 296 g/mol. The number of urea groups is 1. The summed E-state index contributed by atoms with van der Waals surface area (Å²) in [5.41, 5.74) is 0. The summed E-state index contributed by atoms with van der Waals surface area (Å²) in [5, 5.41) is 3.14. The standard InChI is InChI=1S/C14H24N4O3/c1-15-6-3-11-4-7-17(8-5-11)12(19)10-18-13(20)9-16(2)14(18)21/h11,15H,3-10H2,1-2H3. The first-order valence-electron chi connectivity index (χ1n) is 7.50. The van der Waals surface area contributed by atoms with E-state index in [1.807, 2.05) is 7.05 Å². The number of carbonyl (C=O) groups excluding carboxylic acids is 3.